The smallest absolute Gasteiger partial charge is 0.410 e. The number of nitrogens with one attached hydrogen (secondary N) is 1. The van der Waals surface area contributed by atoms with Gasteiger partial charge in [0.2, 0.25) is 0 Å². The van der Waals surface area contributed by atoms with Crippen molar-refractivity contribution in [1.29, 1.82) is 0 Å². The van der Waals surface area contributed by atoms with Crippen LogP contribution in [0, 0.1) is 0 Å². The van der Waals surface area contributed by atoms with Crippen LogP contribution in [0.1, 0.15) is 34.4 Å². The van der Waals surface area contributed by atoms with E-state index in [1.54, 1.807) is 24.3 Å². The van der Waals surface area contributed by atoms with Crippen LogP contribution in [0.4, 0.5) is 19.0 Å². The van der Waals surface area contributed by atoms with E-state index >= 15 is 0 Å². The number of hydrogen-bond donors (Lipinski definition) is 2. The summed E-state index contributed by atoms with van der Waals surface area (Å²) in [5, 5.41) is 15.7. The molecular weight excluding hydrogens is 327 g/mol. The fourth-order valence-electron chi connectivity index (χ4n) is 2.88. The van der Waals surface area contributed by atoms with Crippen LogP contribution < -0.4 is 10.1 Å². The number of aromatic carboxylic acids is 1. The van der Waals surface area contributed by atoms with Gasteiger partial charge in [0.25, 0.3) is 0 Å². The standard InChI is InChI=1S/C15H14F3N3O3/c1-24-11-5-3-2-4-8(11)10-6-12(15(16,17)18)21-13(20-10)9(7-19-21)14(22)23/h2-5,7,10,12,20H,6H2,1H3,(H,22,23)/t10-,12-/m1/s1. The predicted molar refractivity (Wildman–Crippen MR) is 78.3 cm³/mol. The summed E-state index contributed by atoms with van der Waals surface area (Å²) in [5.41, 5.74) is 0.224. The maximum Gasteiger partial charge on any atom is 0.410 e. The Morgan fingerprint density at radius 2 is 2.12 bits per heavy atom. The number of methoxy groups -OCH3 is 1. The number of hydrogen-bond acceptors (Lipinski definition) is 4. The third-order valence-corrected chi connectivity index (χ3v) is 3.98. The number of carboxylic acids is 1. The van der Waals surface area contributed by atoms with Crippen molar-refractivity contribution in [1.82, 2.24) is 9.78 Å². The van der Waals surface area contributed by atoms with Gasteiger partial charge in [0.1, 0.15) is 17.1 Å². The number of alkyl halides is 3. The molecule has 6 nitrogen and oxygen atoms in total. The SMILES string of the molecule is COc1ccccc1[C@H]1C[C@H](C(F)(F)F)n2ncc(C(=O)O)c2N1. The number of rotatable bonds is 3. The van der Waals surface area contributed by atoms with Gasteiger partial charge in [0.15, 0.2) is 6.04 Å². The topological polar surface area (TPSA) is 76.4 Å². The molecule has 2 heterocycles. The molecule has 2 atom stereocenters. The van der Waals surface area contributed by atoms with Crippen LogP contribution in [0.3, 0.4) is 0 Å². The highest BCUT2D eigenvalue weighted by Gasteiger charge is 2.47. The number of fused-ring (bicyclic) bond motifs is 1. The van der Waals surface area contributed by atoms with Crippen LogP contribution in [0.2, 0.25) is 0 Å². The quantitative estimate of drug-likeness (QED) is 0.896. The summed E-state index contributed by atoms with van der Waals surface area (Å²) in [6.45, 7) is 0. The van der Waals surface area contributed by atoms with E-state index in [0.717, 1.165) is 6.20 Å². The van der Waals surface area contributed by atoms with Crippen LogP contribution in [-0.2, 0) is 0 Å². The van der Waals surface area contributed by atoms with E-state index in [9.17, 15) is 23.1 Å². The summed E-state index contributed by atoms with van der Waals surface area (Å²) < 4.78 is 46.2. The second kappa shape index (κ2) is 5.73. The highest BCUT2D eigenvalue weighted by molar-refractivity contribution is 5.93. The van der Waals surface area contributed by atoms with Crippen molar-refractivity contribution in [3.8, 4) is 5.75 Å². The molecule has 128 valence electrons. The molecular formula is C15H14F3N3O3. The Bertz CT molecular complexity index is 773. The number of carbonyl (C=O) groups is 1. The number of halogens is 3. The lowest BCUT2D eigenvalue weighted by atomic mass is 9.96. The first-order valence-electron chi connectivity index (χ1n) is 7.10. The van der Waals surface area contributed by atoms with Crippen LogP contribution in [0.5, 0.6) is 5.75 Å². The summed E-state index contributed by atoms with van der Waals surface area (Å²) in [6, 6.07) is 4.01. The molecule has 0 saturated heterocycles. The molecule has 0 radical (unpaired) electrons. The Morgan fingerprint density at radius 1 is 1.42 bits per heavy atom. The van der Waals surface area contributed by atoms with Crippen molar-refractivity contribution in [3.63, 3.8) is 0 Å². The van der Waals surface area contributed by atoms with Gasteiger partial charge in [0.05, 0.1) is 19.3 Å². The zero-order valence-electron chi connectivity index (χ0n) is 12.5. The Balaban J connectivity index is 2.09. The highest BCUT2D eigenvalue weighted by atomic mass is 19.4. The molecule has 24 heavy (non-hydrogen) atoms. The molecule has 1 aliphatic heterocycles. The Hall–Kier alpha value is -2.71. The molecule has 1 aliphatic rings. The minimum absolute atomic E-state index is 0.160. The molecule has 0 unspecified atom stereocenters. The maximum atomic E-state index is 13.4. The molecule has 1 aromatic heterocycles. The highest BCUT2D eigenvalue weighted by Crippen LogP contribution is 2.45. The van der Waals surface area contributed by atoms with Gasteiger partial charge in [-0.25, -0.2) is 9.48 Å². The number of carboxylic acid groups (broad SMARTS) is 1. The van der Waals surface area contributed by atoms with E-state index in [2.05, 4.69) is 10.4 Å². The maximum absolute atomic E-state index is 13.4. The van der Waals surface area contributed by atoms with Crippen LogP contribution in [0.15, 0.2) is 30.5 Å². The van der Waals surface area contributed by atoms with E-state index in [-0.39, 0.29) is 17.8 Å². The monoisotopic (exact) mass is 341 g/mol. The van der Waals surface area contributed by atoms with E-state index < -0.39 is 24.2 Å². The fourth-order valence-corrected chi connectivity index (χ4v) is 2.88. The predicted octanol–water partition coefficient (Wildman–Crippen LogP) is 3.25. The first-order valence-corrected chi connectivity index (χ1v) is 7.10. The summed E-state index contributed by atoms with van der Waals surface area (Å²) in [5.74, 6) is -1.07. The van der Waals surface area contributed by atoms with Crippen LogP contribution in [-0.4, -0.2) is 34.1 Å². The van der Waals surface area contributed by atoms with Gasteiger partial charge >= 0.3 is 12.1 Å². The molecule has 2 N–H and O–H groups in total. The van der Waals surface area contributed by atoms with Crippen molar-refractivity contribution in [2.24, 2.45) is 0 Å². The Labute approximate surface area is 134 Å². The zero-order valence-corrected chi connectivity index (χ0v) is 12.5. The van der Waals surface area contributed by atoms with Crippen LogP contribution in [0.25, 0.3) is 0 Å². The van der Waals surface area contributed by atoms with Crippen molar-refractivity contribution in [3.05, 3.63) is 41.6 Å². The minimum Gasteiger partial charge on any atom is -0.496 e. The van der Waals surface area contributed by atoms with Gasteiger partial charge in [-0.3, -0.25) is 0 Å². The third kappa shape index (κ3) is 2.66. The van der Waals surface area contributed by atoms with Gasteiger partial charge in [-0.2, -0.15) is 18.3 Å². The lowest BCUT2D eigenvalue weighted by molar-refractivity contribution is -0.173. The molecule has 0 fully saturated rings. The lowest BCUT2D eigenvalue weighted by Crippen LogP contribution is -2.36. The van der Waals surface area contributed by atoms with Crippen LogP contribution >= 0.6 is 0 Å². The molecule has 2 aromatic rings. The summed E-state index contributed by atoms with van der Waals surface area (Å²) in [4.78, 5) is 11.3. The van der Waals surface area contributed by atoms with E-state index in [1.807, 2.05) is 0 Å². The largest absolute Gasteiger partial charge is 0.496 e. The van der Waals surface area contributed by atoms with Gasteiger partial charge in [0, 0.05) is 12.0 Å². The summed E-state index contributed by atoms with van der Waals surface area (Å²) >= 11 is 0. The molecule has 0 saturated carbocycles. The Kier molecular flexibility index (Phi) is 3.86. The average molecular weight is 341 g/mol. The fraction of sp³-hybridized carbons (Fsp3) is 0.333. The van der Waals surface area contributed by atoms with Gasteiger partial charge in [-0.05, 0) is 6.07 Å². The average Bonchev–Trinajstić information content (AvgIpc) is 2.96. The number of anilines is 1. The molecule has 0 spiro atoms. The Morgan fingerprint density at radius 3 is 2.75 bits per heavy atom. The number of benzene rings is 1. The lowest BCUT2D eigenvalue weighted by Gasteiger charge is -2.34. The molecule has 3 rings (SSSR count). The number of aromatic nitrogens is 2. The number of ether oxygens (including phenoxy) is 1. The second-order valence-corrected chi connectivity index (χ2v) is 5.39. The van der Waals surface area contributed by atoms with Crippen molar-refractivity contribution in [2.75, 3.05) is 12.4 Å². The van der Waals surface area contributed by atoms with Gasteiger partial charge < -0.3 is 15.2 Å². The number of nitrogens with zero attached hydrogens (tertiary/aromatic N) is 2. The van der Waals surface area contributed by atoms with Crippen molar-refractivity contribution in [2.45, 2.75) is 24.7 Å². The van der Waals surface area contributed by atoms with E-state index in [0.29, 0.717) is 16.0 Å². The van der Waals surface area contributed by atoms with E-state index in [4.69, 9.17) is 4.74 Å². The first kappa shape index (κ1) is 16.2. The zero-order chi connectivity index (χ0) is 17.5. The molecule has 1 aromatic carbocycles. The molecule has 0 amide bonds. The summed E-state index contributed by atoms with van der Waals surface area (Å²) in [7, 11) is 1.43. The number of para-hydroxylation sites is 1. The minimum atomic E-state index is -4.56. The summed E-state index contributed by atoms with van der Waals surface area (Å²) in [6.07, 6.45) is -3.95. The van der Waals surface area contributed by atoms with Gasteiger partial charge in [-0.1, -0.05) is 18.2 Å². The molecule has 0 bridgehead atoms. The first-order chi connectivity index (χ1) is 11.3. The van der Waals surface area contributed by atoms with Gasteiger partial charge in [-0.15, -0.1) is 0 Å². The van der Waals surface area contributed by atoms with Crippen molar-refractivity contribution < 1.29 is 27.8 Å². The molecule has 0 aliphatic carbocycles. The van der Waals surface area contributed by atoms with Crippen molar-refractivity contribution >= 4 is 11.8 Å². The normalized spacial score (nSPS) is 20.2. The third-order valence-electron chi connectivity index (χ3n) is 3.98. The van der Waals surface area contributed by atoms with E-state index in [1.165, 1.54) is 7.11 Å². The second-order valence-electron chi connectivity index (χ2n) is 5.39. The molecule has 9 heteroatoms.